The first-order chi connectivity index (χ1) is 18.3. The summed E-state index contributed by atoms with van der Waals surface area (Å²) in [5, 5.41) is 0. The maximum Gasteiger partial charge on any atom is 0.224 e. The molecule has 0 saturated heterocycles. The minimum Gasteiger partial charge on any atom is -0.489 e. The number of para-hydroxylation sites is 1. The van der Waals surface area contributed by atoms with E-state index in [9.17, 15) is 9.59 Å². The van der Waals surface area contributed by atoms with Crippen LogP contribution in [-0.2, 0) is 15.0 Å². The van der Waals surface area contributed by atoms with Gasteiger partial charge in [0, 0.05) is 36.4 Å². The van der Waals surface area contributed by atoms with Gasteiger partial charge in [-0.25, -0.2) is 0 Å². The molecular weight excluding hydrogens is 484 g/mol. The summed E-state index contributed by atoms with van der Waals surface area (Å²) in [5.74, 6) is 0.730. The second-order valence-electron chi connectivity index (χ2n) is 12.2. The molecular formula is C34H38N2O3. The van der Waals surface area contributed by atoms with Gasteiger partial charge in [-0.2, -0.15) is 0 Å². The second kappa shape index (κ2) is 9.41. The number of rotatable bonds is 4. The lowest BCUT2D eigenvalue weighted by atomic mass is 9.65. The minimum absolute atomic E-state index is 0.00626. The lowest BCUT2D eigenvalue weighted by molar-refractivity contribution is -0.118. The first-order valence-electron chi connectivity index (χ1n) is 13.6. The van der Waals surface area contributed by atoms with Gasteiger partial charge in [0.1, 0.15) is 12.4 Å². The van der Waals surface area contributed by atoms with E-state index in [0.29, 0.717) is 12.4 Å². The van der Waals surface area contributed by atoms with E-state index in [4.69, 9.17) is 4.74 Å². The van der Waals surface area contributed by atoms with Crippen molar-refractivity contribution in [1.29, 1.82) is 0 Å². The van der Waals surface area contributed by atoms with Gasteiger partial charge in [0.25, 0.3) is 0 Å². The number of hydrogen-bond acceptors (Lipinski definition) is 3. The summed E-state index contributed by atoms with van der Waals surface area (Å²) < 4.78 is 6.42. The van der Waals surface area contributed by atoms with Crippen LogP contribution in [0, 0.1) is 0 Å². The van der Waals surface area contributed by atoms with Crippen molar-refractivity contribution < 1.29 is 14.3 Å². The van der Waals surface area contributed by atoms with Gasteiger partial charge in [-0.05, 0) is 62.9 Å². The van der Waals surface area contributed by atoms with Crippen molar-refractivity contribution in [3.8, 4) is 5.75 Å². The highest BCUT2D eigenvalue weighted by molar-refractivity contribution is 5.99. The minimum atomic E-state index is -0.484. The van der Waals surface area contributed by atoms with Crippen molar-refractivity contribution >= 4 is 28.8 Å². The van der Waals surface area contributed by atoms with Gasteiger partial charge in [0.15, 0.2) is 0 Å². The third-order valence-electron chi connectivity index (χ3n) is 8.23. The zero-order valence-corrected chi connectivity index (χ0v) is 24.0. The first kappa shape index (κ1) is 26.7. The molecule has 5 heteroatoms. The number of anilines is 2. The van der Waals surface area contributed by atoms with Gasteiger partial charge in [0.05, 0.1) is 16.9 Å². The number of nitrogens with zero attached hydrogens (tertiary/aromatic N) is 2. The van der Waals surface area contributed by atoms with Crippen molar-refractivity contribution in [2.75, 3.05) is 16.4 Å². The molecule has 2 amide bonds. The van der Waals surface area contributed by atoms with Crippen LogP contribution in [0.15, 0.2) is 78.9 Å². The van der Waals surface area contributed by atoms with E-state index >= 15 is 0 Å². The third kappa shape index (κ3) is 4.54. The van der Waals surface area contributed by atoms with Crippen LogP contribution in [0.4, 0.5) is 11.4 Å². The molecule has 202 valence electrons. The van der Waals surface area contributed by atoms with E-state index in [1.54, 1.807) is 13.8 Å². The molecule has 0 spiro atoms. The maximum atomic E-state index is 13.0. The summed E-state index contributed by atoms with van der Waals surface area (Å²) in [5.41, 5.74) is 5.04. The number of carbonyl (C=O) groups is 2. The van der Waals surface area contributed by atoms with E-state index in [-0.39, 0.29) is 22.8 Å². The van der Waals surface area contributed by atoms with Gasteiger partial charge < -0.3 is 14.5 Å². The Kier molecular flexibility index (Phi) is 6.45. The zero-order valence-electron chi connectivity index (χ0n) is 24.0. The van der Waals surface area contributed by atoms with Crippen LogP contribution in [0.5, 0.6) is 5.75 Å². The molecule has 5 nitrogen and oxygen atoms in total. The Bertz CT molecular complexity index is 1470. The highest BCUT2D eigenvalue weighted by Gasteiger charge is 2.47. The Morgan fingerprint density at radius 3 is 2.10 bits per heavy atom. The predicted molar refractivity (Wildman–Crippen MR) is 158 cm³/mol. The number of ether oxygens (including phenoxy) is 1. The predicted octanol–water partition coefficient (Wildman–Crippen LogP) is 7.14. The van der Waals surface area contributed by atoms with E-state index in [2.05, 4.69) is 57.2 Å². The van der Waals surface area contributed by atoms with Crippen LogP contribution in [0.25, 0.3) is 5.57 Å². The fourth-order valence-electron chi connectivity index (χ4n) is 6.95. The molecule has 5 rings (SSSR count). The quantitative estimate of drug-likeness (QED) is 0.366. The SMILES string of the molecule is CC(=O)N1c2ccccc2C(COc2ccc3c(c2)N(C(C)=O)C(C)(C)CC3(C)c2ccccc2)=CC1(C)C. The molecule has 0 bridgehead atoms. The molecule has 1 atom stereocenters. The third-order valence-corrected chi connectivity index (χ3v) is 8.23. The second-order valence-corrected chi connectivity index (χ2v) is 12.2. The molecule has 39 heavy (non-hydrogen) atoms. The smallest absolute Gasteiger partial charge is 0.224 e. The average Bonchev–Trinajstić information content (AvgIpc) is 2.86. The van der Waals surface area contributed by atoms with Crippen LogP contribution in [0.1, 0.15) is 71.6 Å². The molecule has 3 aromatic carbocycles. The lowest BCUT2D eigenvalue weighted by Crippen LogP contribution is -2.55. The summed E-state index contributed by atoms with van der Waals surface area (Å²) in [4.78, 5) is 29.3. The van der Waals surface area contributed by atoms with Crippen molar-refractivity contribution in [3.05, 3.63) is 95.6 Å². The van der Waals surface area contributed by atoms with E-state index in [0.717, 1.165) is 34.5 Å². The van der Waals surface area contributed by atoms with Crippen molar-refractivity contribution in [1.82, 2.24) is 0 Å². The number of hydrogen-bond donors (Lipinski definition) is 0. The van der Waals surface area contributed by atoms with Crippen LogP contribution in [0.3, 0.4) is 0 Å². The molecule has 0 radical (unpaired) electrons. The van der Waals surface area contributed by atoms with E-state index in [1.165, 1.54) is 5.56 Å². The van der Waals surface area contributed by atoms with Crippen molar-refractivity contribution in [2.24, 2.45) is 0 Å². The molecule has 2 heterocycles. The van der Waals surface area contributed by atoms with E-state index in [1.807, 2.05) is 66.1 Å². The molecule has 0 aromatic heterocycles. The number of carbonyl (C=O) groups excluding carboxylic acids is 2. The monoisotopic (exact) mass is 522 g/mol. The van der Waals surface area contributed by atoms with Crippen molar-refractivity contribution in [2.45, 2.75) is 71.4 Å². The van der Waals surface area contributed by atoms with Gasteiger partial charge >= 0.3 is 0 Å². The maximum absolute atomic E-state index is 13.0. The lowest BCUT2D eigenvalue weighted by Gasteiger charge is -2.51. The van der Waals surface area contributed by atoms with Gasteiger partial charge in [-0.3, -0.25) is 9.59 Å². The zero-order chi connectivity index (χ0) is 28.2. The normalized spacial score (nSPS) is 20.9. The van der Waals surface area contributed by atoms with Gasteiger partial charge in [0.2, 0.25) is 11.8 Å². The van der Waals surface area contributed by atoms with Crippen LogP contribution in [-0.4, -0.2) is 29.5 Å². The topological polar surface area (TPSA) is 49.9 Å². The Labute approximate surface area is 232 Å². The Hall–Kier alpha value is -3.86. The van der Waals surface area contributed by atoms with Gasteiger partial charge in [-0.15, -0.1) is 0 Å². The Balaban J connectivity index is 1.53. The van der Waals surface area contributed by atoms with Crippen LogP contribution in [0.2, 0.25) is 0 Å². The molecule has 3 aromatic rings. The summed E-state index contributed by atoms with van der Waals surface area (Å²) in [7, 11) is 0. The molecule has 0 saturated carbocycles. The largest absolute Gasteiger partial charge is 0.489 e. The highest BCUT2D eigenvalue weighted by Crippen LogP contribution is 2.51. The Morgan fingerprint density at radius 1 is 0.795 bits per heavy atom. The number of amides is 2. The summed E-state index contributed by atoms with van der Waals surface area (Å²) in [6.07, 6.45) is 2.93. The van der Waals surface area contributed by atoms with E-state index < -0.39 is 5.54 Å². The average molecular weight is 523 g/mol. The molecule has 0 fully saturated rings. The molecule has 2 aliphatic rings. The number of benzene rings is 3. The standard InChI is InChI=1S/C34H38N2O3/c1-23(37)35-30-16-12-11-15-28(30)25(20-32(35,3)4)21-39-27-17-18-29-31(19-27)36(24(2)38)33(5,6)22-34(29,7)26-13-9-8-10-14-26/h8-20H,21-22H2,1-7H3. The summed E-state index contributed by atoms with van der Waals surface area (Å²) in [6.45, 7) is 14.2. The molecule has 1 unspecified atom stereocenters. The van der Waals surface area contributed by atoms with Crippen LogP contribution >= 0.6 is 0 Å². The molecule has 2 aliphatic heterocycles. The first-order valence-corrected chi connectivity index (χ1v) is 13.6. The summed E-state index contributed by atoms with van der Waals surface area (Å²) >= 11 is 0. The summed E-state index contributed by atoms with van der Waals surface area (Å²) in [6, 6.07) is 24.6. The molecule has 0 aliphatic carbocycles. The Morgan fingerprint density at radius 2 is 1.44 bits per heavy atom. The van der Waals surface area contributed by atoms with Crippen molar-refractivity contribution in [3.63, 3.8) is 0 Å². The fraction of sp³-hybridized carbons (Fsp3) is 0.353. The van der Waals surface area contributed by atoms with Gasteiger partial charge in [-0.1, -0.05) is 67.6 Å². The van der Waals surface area contributed by atoms with Crippen LogP contribution < -0.4 is 14.5 Å². The highest BCUT2D eigenvalue weighted by atomic mass is 16.5. The fourth-order valence-corrected chi connectivity index (χ4v) is 6.95. The molecule has 0 N–H and O–H groups in total. The number of fused-ring (bicyclic) bond motifs is 2.